The van der Waals surface area contributed by atoms with Gasteiger partial charge in [0.05, 0.1) is 4.90 Å². The lowest BCUT2D eigenvalue weighted by molar-refractivity contribution is 0.108. The number of hydrogen-bond donors (Lipinski definition) is 2. The lowest BCUT2D eigenvalue weighted by atomic mass is 10.2. The molecule has 0 heterocycles. The Bertz CT molecular complexity index is 522. The van der Waals surface area contributed by atoms with Gasteiger partial charge in [0.25, 0.3) is 15.3 Å². The number of nitrogens with one attached hydrogen (secondary N) is 1. The second kappa shape index (κ2) is 4.50. The molecule has 0 bridgehead atoms. The standard InChI is InChI=1S/C8H6ClNO5S/c9-7(11)5-1-3-6(4-2-5)16(14,15)10-8(12)13/h1-4,10H,(H,12,13). The van der Waals surface area contributed by atoms with Gasteiger partial charge in [-0.25, -0.2) is 17.9 Å². The quantitative estimate of drug-likeness (QED) is 0.793. The first-order valence-electron chi connectivity index (χ1n) is 3.88. The van der Waals surface area contributed by atoms with Gasteiger partial charge in [-0.3, -0.25) is 4.79 Å². The van der Waals surface area contributed by atoms with Crippen molar-refractivity contribution in [2.45, 2.75) is 4.90 Å². The van der Waals surface area contributed by atoms with Gasteiger partial charge in [0.2, 0.25) is 0 Å². The third-order valence-electron chi connectivity index (χ3n) is 1.61. The maximum atomic E-state index is 11.3. The predicted octanol–water partition coefficient (Wildman–Crippen LogP) is 1.02. The van der Waals surface area contributed by atoms with E-state index in [2.05, 4.69) is 0 Å². The van der Waals surface area contributed by atoms with E-state index in [1.54, 1.807) is 0 Å². The Balaban J connectivity index is 3.07. The number of hydrogen-bond acceptors (Lipinski definition) is 4. The summed E-state index contributed by atoms with van der Waals surface area (Å²) in [7, 11) is -4.11. The van der Waals surface area contributed by atoms with Crippen LogP contribution < -0.4 is 4.72 Å². The summed E-state index contributed by atoms with van der Waals surface area (Å²) < 4.78 is 24.0. The van der Waals surface area contributed by atoms with E-state index in [1.807, 2.05) is 0 Å². The number of sulfonamides is 1. The van der Waals surface area contributed by atoms with Crippen LogP contribution in [0.3, 0.4) is 0 Å². The molecule has 0 aliphatic carbocycles. The lowest BCUT2D eigenvalue weighted by Crippen LogP contribution is -2.28. The Morgan fingerprint density at radius 1 is 1.19 bits per heavy atom. The summed E-state index contributed by atoms with van der Waals surface area (Å²) in [5.74, 6) is 0. The second-order valence-corrected chi connectivity index (χ2v) is 4.73. The highest BCUT2D eigenvalue weighted by Gasteiger charge is 2.16. The SMILES string of the molecule is O=C(O)NS(=O)(=O)c1ccc(C(=O)Cl)cc1. The number of benzene rings is 1. The molecule has 0 saturated carbocycles. The summed E-state index contributed by atoms with van der Waals surface area (Å²) in [6.07, 6.45) is -1.68. The van der Waals surface area contributed by atoms with Gasteiger partial charge in [-0.15, -0.1) is 0 Å². The van der Waals surface area contributed by atoms with E-state index in [1.165, 1.54) is 16.9 Å². The molecule has 1 amide bonds. The highest BCUT2D eigenvalue weighted by atomic mass is 35.5. The zero-order chi connectivity index (χ0) is 12.3. The minimum Gasteiger partial charge on any atom is -0.464 e. The van der Waals surface area contributed by atoms with E-state index in [0.717, 1.165) is 12.1 Å². The highest BCUT2D eigenvalue weighted by Crippen LogP contribution is 2.11. The number of carbonyl (C=O) groups excluding carboxylic acids is 1. The summed E-state index contributed by atoms with van der Waals surface area (Å²) in [6, 6.07) is 4.54. The zero-order valence-electron chi connectivity index (χ0n) is 7.68. The van der Waals surface area contributed by atoms with Crippen LogP contribution in [0.5, 0.6) is 0 Å². The number of amides is 1. The van der Waals surface area contributed by atoms with Crippen LogP contribution >= 0.6 is 11.6 Å². The number of rotatable bonds is 3. The molecule has 1 rings (SSSR count). The van der Waals surface area contributed by atoms with Crippen molar-refractivity contribution in [1.29, 1.82) is 0 Å². The summed E-state index contributed by atoms with van der Waals surface area (Å²) in [6.45, 7) is 0. The largest absolute Gasteiger partial charge is 0.464 e. The molecule has 0 atom stereocenters. The van der Waals surface area contributed by atoms with E-state index < -0.39 is 21.4 Å². The molecule has 0 spiro atoms. The molecule has 86 valence electrons. The first-order chi connectivity index (χ1) is 7.33. The molecule has 0 aromatic heterocycles. The fourth-order valence-electron chi connectivity index (χ4n) is 0.939. The molecule has 16 heavy (non-hydrogen) atoms. The molecule has 8 heteroatoms. The Kier molecular flexibility index (Phi) is 3.51. The molecule has 6 nitrogen and oxygen atoms in total. The molecule has 0 fully saturated rings. The van der Waals surface area contributed by atoms with Crippen molar-refractivity contribution >= 4 is 33.0 Å². The molecule has 1 aromatic rings. The Labute approximate surface area is 95.9 Å². The minimum absolute atomic E-state index is 0.121. The summed E-state index contributed by atoms with van der Waals surface area (Å²) in [5.41, 5.74) is 0.121. The molecule has 0 radical (unpaired) electrons. The molecular formula is C8H6ClNO5S. The first-order valence-corrected chi connectivity index (χ1v) is 5.74. The topological polar surface area (TPSA) is 101 Å². The zero-order valence-corrected chi connectivity index (χ0v) is 9.25. The molecule has 1 aromatic carbocycles. The molecule has 0 aliphatic rings. The van der Waals surface area contributed by atoms with Gasteiger partial charge in [-0.05, 0) is 35.9 Å². The molecular weight excluding hydrogens is 258 g/mol. The van der Waals surface area contributed by atoms with Crippen LogP contribution in [-0.4, -0.2) is 24.9 Å². The fraction of sp³-hybridized carbons (Fsp3) is 0. The summed E-state index contributed by atoms with van der Waals surface area (Å²) >= 11 is 5.16. The van der Waals surface area contributed by atoms with Crippen LogP contribution in [0.4, 0.5) is 4.79 Å². The smallest absolute Gasteiger partial charge is 0.418 e. The average Bonchev–Trinajstić information content (AvgIpc) is 2.16. The van der Waals surface area contributed by atoms with Crippen LogP contribution in [0.25, 0.3) is 0 Å². The molecule has 0 aliphatic heterocycles. The normalized spacial score (nSPS) is 10.8. The van der Waals surface area contributed by atoms with E-state index in [4.69, 9.17) is 16.7 Å². The van der Waals surface area contributed by atoms with Gasteiger partial charge in [0.1, 0.15) is 0 Å². The Morgan fingerprint density at radius 2 is 1.69 bits per heavy atom. The van der Waals surface area contributed by atoms with Crippen LogP contribution in [-0.2, 0) is 10.0 Å². The van der Waals surface area contributed by atoms with Gasteiger partial charge in [0, 0.05) is 5.56 Å². The molecule has 2 N–H and O–H groups in total. The van der Waals surface area contributed by atoms with Crippen molar-refractivity contribution in [2.24, 2.45) is 0 Å². The highest BCUT2D eigenvalue weighted by molar-refractivity contribution is 7.90. The Hall–Kier alpha value is -1.60. The van der Waals surface area contributed by atoms with Crippen molar-refractivity contribution in [3.8, 4) is 0 Å². The van der Waals surface area contributed by atoms with Crippen LogP contribution in [0, 0.1) is 0 Å². The van der Waals surface area contributed by atoms with Gasteiger partial charge < -0.3 is 5.11 Å². The van der Waals surface area contributed by atoms with Crippen molar-refractivity contribution in [1.82, 2.24) is 4.72 Å². The van der Waals surface area contributed by atoms with Crippen molar-refractivity contribution in [3.63, 3.8) is 0 Å². The average molecular weight is 264 g/mol. The van der Waals surface area contributed by atoms with Gasteiger partial charge >= 0.3 is 6.09 Å². The third-order valence-corrected chi connectivity index (χ3v) is 3.17. The van der Waals surface area contributed by atoms with Crippen LogP contribution in [0.2, 0.25) is 0 Å². The maximum Gasteiger partial charge on any atom is 0.418 e. The summed E-state index contributed by atoms with van der Waals surface area (Å²) in [5, 5.41) is 7.56. The Morgan fingerprint density at radius 3 is 2.06 bits per heavy atom. The minimum atomic E-state index is -4.11. The number of carboxylic acid groups (broad SMARTS) is 1. The number of carbonyl (C=O) groups is 2. The van der Waals surface area contributed by atoms with E-state index in [0.29, 0.717) is 0 Å². The van der Waals surface area contributed by atoms with Gasteiger partial charge in [0.15, 0.2) is 0 Å². The first kappa shape index (κ1) is 12.5. The van der Waals surface area contributed by atoms with Crippen molar-refractivity contribution in [3.05, 3.63) is 29.8 Å². The van der Waals surface area contributed by atoms with Crippen molar-refractivity contribution in [2.75, 3.05) is 0 Å². The van der Waals surface area contributed by atoms with E-state index >= 15 is 0 Å². The lowest BCUT2D eigenvalue weighted by Gasteiger charge is -2.03. The number of halogens is 1. The van der Waals surface area contributed by atoms with Crippen molar-refractivity contribution < 1.29 is 23.1 Å². The van der Waals surface area contributed by atoms with E-state index in [9.17, 15) is 18.0 Å². The monoisotopic (exact) mass is 263 g/mol. The van der Waals surface area contributed by atoms with E-state index in [-0.39, 0.29) is 10.5 Å². The summed E-state index contributed by atoms with van der Waals surface area (Å²) in [4.78, 5) is 20.6. The van der Waals surface area contributed by atoms with Crippen LogP contribution in [0.15, 0.2) is 29.2 Å². The van der Waals surface area contributed by atoms with Gasteiger partial charge in [-0.2, -0.15) is 0 Å². The molecule has 0 saturated heterocycles. The second-order valence-electron chi connectivity index (χ2n) is 2.71. The van der Waals surface area contributed by atoms with Gasteiger partial charge in [-0.1, -0.05) is 0 Å². The fourth-order valence-corrected chi connectivity index (χ4v) is 1.91. The predicted molar refractivity (Wildman–Crippen MR) is 55.0 cm³/mol. The maximum absolute atomic E-state index is 11.3. The van der Waals surface area contributed by atoms with Crippen LogP contribution in [0.1, 0.15) is 10.4 Å². The third kappa shape index (κ3) is 2.94. The molecule has 0 unspecified atom stereocenters.